The Labute approximate surface area is 95.6 Å². The van der Waals surface area contributed by atoms with E-state index in [-0.39, 0.29) is 16.8 Å². The number of nitrogens with one attached hydrogen (secondary N) is 1. The average Bonchev–Trinajstić information content (AvgIpc) is 2.19. The first-order valence-electron chi connectivity index (χ1n) is 5.16. The smallest absolute Gasteiger partial charge is 0.145 e. The topological polar surface area (TPSA) is 12.0 Å². The summed E-state index contributed by atoms with van der Waals surface area (Å²) in [6, 6.07) is 5.19. The zero-order valence-corrected chi connectivity index (χ0v) is 10.1. The highest BCUT2D eigenvalue weighted by Gasteiger charge is 2.19. The van der Waals surface area contributed by atoms with Crippen molar-refractivity contribution in [2.75, 3.05) is 13.6 Å². The van der Waals surface area contributed by atoms with Gasteiger partial charge >= 0.3 is 0 Å². The lowest BCUT2D eigenvalue weighted by Gasteiger charge is -2.21. The molecule has 0 aliphatic carbocycles. The lowest BCUT2D eigenvalue weighted by atomic mass is 9.88. The van der Waals surface area contributed by atoms with Crippen LogP contribution in [0.2, 0.25) is 5.02 Å². The van der Waals surface area contributed by atoms with Gasteiger partial charge in [-0.3, -0.25) is 0 Å². The molecule has 1 aromatic carbocycles. The molecule has 84 valence electrons. The van der Waals surface area contributed by atoms with Crippen LogP contribution in [0, 0.1) is 11.7 Å². The van der Waals surface area contributed by atoms with Gasteiger partial charge in [0.25, 0.3) is 0 Å². The largest absolute Gasteiger partial charge is 0.319 e. The molecule has 1 rings (SSSR count). The molecule has 0 aliphatic heterocycles. The molecule has 0 bridgehead atoms. The quantitative estimate of drug-likeness (QED) is 0.834. The van der Waals surface area contributed by atoms with E-state index >= 15 is 0 Å². The zero-order valence-electron chi connectivity index (χ0n) is 9.35. The van der Waals surface area contributed by atoms with Gasteiger partial charge in [0.1, 0.15) is 5.82 Å². The van der Waals surface area contributed by atoms with Gasteiger partial charge < -0.3 is 5.32 Å². The van der Waals surface area contributed by atoms with E-state index in [4.69, 9.17) is 11.6 Å². The van der Waals surface area contributed by atoms with Crippen molar-refractivity contribution in [1.29, 1.82) is 0 Å². The third-order valence-corrected chi connectivity index (χ3v) is 2.90. The minimum Gasteiger partial charge on any atom is -0.319 e. The van der Waals surface area contributed by atoms with Gasteiger partial charge in [0, 0.05) is 12.5 Å². The van der Waals surface area contributed by atoms with Crippen molar-refractivity contribution in [2.24, 2.45) is 5.92 Å². The summed E-state index contributed by atoms with van der Waals surface area (Å²) in [4.78, 5) is 0. The van der Waals surface area contributed by atoms with E-state index in [1.807, 2.05) is 13.1 Å². The molecule has 1 N–H and O–H groups in total. The second kappa shape index (κ2) is 5.47. The van der Waals surface area contributed by atoms with Crippen molar-refractivity contribution in [1.82, 2.24) is 5.32 Å². The molecule has 1 nitrogen and oxygen atoms in total. The normalized spacial score (nSPS) is 13.2. The first-order chi connectivity index (χ1) is 7.07. The number of likely N-dealkylation sites (N-methyl/N-ethyl adjacent to an activating group) is 1. The van der Waals surface area contributed by atoms with E-state index in [0.29, 0.717) is 11.5 Å². The Balaban J connectivity index is 3.05. The molecule has 0 saturated carbocycles. The molecule has 0 saturated heterocycles. The molecule has 0 amide bonds. The second-order valence-electron chi connectivity index (χ2n) is 4.05. The molecule has 0 heterocycles. The predicted octanol–water partition coefficient (Wildman–Crippen LogP) is 3.44. The highest BCUT2D eigenvalue weighted by atomic mass is 35.5. The van der Waals surface area contributed by atoms with Gasteiger partial charge in [0.2, 0.25) is 0 Å². The third-order valence-electron chi connectivity index (χ3n) is 2.61. The molecular weight excluding hydrogens is 213 g/mol. The van der Waals surface area contributed by atoms with E-state index in [0.717, 1.165) is 6.54 Å². The molecule has 0 aliphatic rings. The first kappa shape index (κ1) is 12.5. The average molecular weight is 230 g/mol. The fraction of sp³-hybridized carbons (Fsp3) is 0.500. The maximum atomic E-state index is 13.8. The molecule has 0 radical (unpaired) electrons. The second-order valence-corrected chi connectivity index (χ2v) is 4.46. The van der Waals surface area contributed by atoms with Crippen molar-refractivity contribution in [3.05, 3.63) is 34.6 Å². The molecule has 1 atom stereocenters. The van der Waals surface area contributed by atoms with Crippen LogP contribution in [-0.2, 0) is 0 Å². The number of hydrogen-bond acceptors (Lipinski definition) is 1. The molecule has 0 aromatic heterocycles. The molecule has 0 spiro atoms. The number of hydrogen-bond donors (Lipinski definition) is 1. The minimum absolute atomic E-state index is 0.161. The van der Waals surface area contributed by atoms with Crippen molar-refractivity contribution >= 4 is 11.6 Å². The van der Waals surface area contributed by atoms with Gasteiger partial charge in [-0.25, -0.2) is 4.39 Å². The van der Waals surface area contributed by atoms with Crippen molar-refractivity contribution in [2.45, 2.75) is 19.8 Å². The fourth-order valence-corrected chi connectivity index (χ4v) is 1.91. The molecule has 0 fully saturated rings. The van der Waals surface area contributed by atoms with Crippen LogP contribution in [0.4, 0.5) is 4.39 Å². The van der Waals surface area contributed by atoms with Crippen LogP contribution in [0.15, 0.2) is 18.2 Å². The summed E-state index contributed by atoms with van der Waals surface area (Å²) >= 11 is 5.77. The van der Waals surface area contributed by atoms with Gasteiger partial charge in [0.05, 0.1) is 5.02 Å². The lowest BCUT2D eigenvalue weighted by Crippen LogP contribution is -2.22. The summed E-state index contributed by atoms with van der Waals surface area (Å²) in [7, 11) is 1.87. The van der Waals surface area contributed by atoms with Crippen molar-refractivity contribution < 1.29 is 4.39 Å². The first-order valence-corrected chi connectivity index (χ1v) is 5.54. The number of benzene rings is 1. The summed E-state index contributed by atoms with van der Waals surface area (Å²) in [6.45, 7) is 4.93. The van der Waals surface area contributed by atoms with Crippen LogP contribution >= 0.6 is 11.6 Å². The van der Waals surface area contributed by atoms with Crippen molar-refractivity contribution in [3.63, 3.8) is 0 Å². The maximum absolute atomic E-state index is 13.8. The van der Waals surface area contributed by atoms with Gasteiger partial charge in [-0.05, 0) is 24.6 Å². The Hall–Kier alpha value is -0.600. The monoisotopic (exact) mass is 229 g/mol. The van der Waals surface area contributed by atoms with Gasteiger partial charge in [-0.1, -0.05) is 37.6 Å². The summed E-state index contributed by atoms with van der Waals surface area (Å²) in [5.41, 5.74) is 0.701. The molecule has 15 heavy (non-hydrogen) atoms. The van der Waals surface area contributed by atoms with E-state index in [9.17, 15) is 4.39 Å². The van der Waals surface area contributed by atoms with E-state index in [1.54, 1.807) is 12.1 Å². The Morgan fingerprint density at radius 3 is 2.60 bits per heavy atom. The van der Waals surface area contributed by atoms with Crippen LogP contribution in [0.5, 0.6) is 0 Å². The molecule has 1 unspecified atom stereocenters. The highest BCUT2D eigenvalue weighted by molar-refractivity contribution is 6.30. The predicted molar refractivity (Wildman–Crippen MR) is 62.9 cm³/mol. The molecule has 1 aromatic rings. The maximum Gasteiger partial charge on any atom is 0.145 e. The highest BCUT2D eigenvalue weighted by Crippen LogP contribution is 2.29. The summed E-state index contributed by atoms with van der Waals surface area (Å²) in [5, 5.41) is 3.29. The molecular formula is C12H17ClFN. The minimum atomic E-state index is -0.284. The van der Waals surface area contributed by atoms with E-state index in [2.05, 4.69) is 19.2 Å². The third kappa shape index (κ3) is 2.93. The fourth-order valence-electron chi connectivity index (χ4n) is 1.73. The Kier molecular flexibility index (Phi) is 4.55. The Morgan fingerprint density at radius 1 is 1.40 bits per heavy atom. The number of rotatable bonds is 4. The van der Waals surface area contributed by atoms with Crippen LogP contribution in [-0.4, -0.2) is 13.6 Å². The van der Waals surface area contributed by atoms with E-state index in [1.165, 1.54) is 0 Å². The van der Waals surface area contributed by atoms with Gasteiger partial charge in [-0.2, -0.15) is 0 Å². The van der Waals surface area contributed by atoms with Gasteiger partial charge in [0.15, 0.2) is 0 Å². The Morgan fingerprint density at radius 2 is 2.07 bits per heavy atom. The van der Waals surface area contributed by atoms with Crippen LogP contribution in [0.25, 0.3) is 0 Å². The van der Waals surface area contributed by atoms with Crippen molar-refractivity contribution in [3.8, 4) is 0 Å². The van der Waals surface area contributed by atoms with Crippen LogP contribution in [0.1, 0.15) is 25.3 Å². The Bertz CT molecular complexity index is 325. The standard InChI is InChI=1S/C12H17ClFN/c1-8(2)10(7-15-3)9-5-4-6-11(13)12(9)14/h4-6,8,10,15H,7H2,1-3H3. The SMILES string of the molecule is CNCC(c1cccc(Cl)c1F)C(C)C. The van der Waals surface area contributed by atoms with Crippen LogP contribution < -0.4 is 5.32 Å². The summed E-state index contributed by atoms with van der Waals surface area (Å²) < 4.78 is 13.8. The summed E-state index contributed by atoms with van der Waals surface area (Å²) in [5.74, 6) is 0.257. The van der Waals surface area contributed by atoms with Crippen LogP contribution in [0.3, 0.4) is 0 Å². The van der Waals surface area contributed by atoms with E-state index < -0.39 is 0 Å². The zero-order chi connectivity index (χ0) is 11.4. The summed E-state index contributed by atoms with van der Waals surface area (Å²) in [6.07, 6.45) is 0. The van der Waals surface area contributed by atoms with Gasteiger partial charge in [-0.15, -0.1) is 0 Å². The lowest BCUT2D eigenvalue weighted by molar-refractivity contribution is 0.457. The molecule has 3 heteroatoms. The number of halogens is 2.